The maximum atomic E-state index is 10.6. The van der Waals surface area contributed by atoms with Crippen LogP contribution >= 0.6 is 0 Å². The Morgan fingerprint density at radius 3 is 2.30 bits per heavy atom. The molecule has 3 rings (SSSR count). The van der Waals surface area contributed by atoms with Gasteiger partial charge in [0.05, 0.1) is 6.10 Å². The lowest BCUT2D eigenvalue weighted by Gasteiger charge is -2.41. The quantitative estimate of drug-likeness (QED) is 0.807. The van der Waals surface area contributed by atoms with Crippen LogP contribution in [0.4, 0.5) is 0 Å². The largest absolute Gasteiger partial charge is 0.508 e. The highest BCUT2D eigenvalue weighted by molar-refractivity contribution is 5.30. The zero-order valence-electron chi connectivity index (χ0n) is 13.0. The number of piperidine rings is 1. The summed E-state index contributed by atoms with van der Waals surface area (Å²) in [6.07, 6.45) is -0.533. The van der Waals surface area contributed by atoms with Gasteiger partial charge in [-0.05, 0) is 23.3 Å². The molecule has 3 atom stereocenters. The Hall–Kier alpha value is -1.88. The summed E-state index contributed by atoms with van der Waals surface area (Å²) in [7, 11) is 0. The summed E-state index contributed by atoms with van der Waals surface area (Å²) < 4.78 is 0. The number of aromatic hydroxyl groups is 1. The van der Waals surface area contributed by atoms with Crippen molar-refractivity contribution in [2.45, 2.75) is 18.6 Å². The van der Waals surface area contributed by atoms with E-state index in [1.807, 2.05) is 30.3 Å². The number of aliphatic hydroxyl groups excluding tert-OH is 2. The molecule has 0 aromatic heterocycles. The van der Waals surface area contributed by atoms with Crippen LogP contribution in [-0.4, -0.2) is 46.0 Å². The van der Waals surface area contributed by atoms with Gasteiger partial charge in [0.2, 0.25) is 0 Å². The molecule has 0 bridgehead atoms. The minimum atomic E-state index is -0.533. The van der Waals surface area contributed by atoms with Gasteiger partial charge in [-0.15, -0.1) is 0 Å². The second-order valence-corrected chi connectivity index (χ2v) is 6.31. The number of phenolic OH excluding ortho intramolecular Hbond substituents is 1. The zero-order valence-corrected chi connectivity index (χ0v) is 13.0. The van der Waals surface area contributed by atoms with Crippen LogP contribution < -0.4 is 0 Å². The Kier molecular flexibility index (Phi) is 4.96. The molecule has 0 saturated carbocycles. The molecule has 2 aromatic rings. The van der Waals surface area contributed by atoms with Gasteiger partial charge in [-0.2, -0.15) is 0 Å². The first-order valence-corrected chi connectivity index (χ1v) is 8.01. The highest BCUT2D eigenvalue weighted by Crippen LogP contribution is 2.34. The molecule has 0 radical (unpaired) electrons. The summed E-state index contributed by atoms with van der Waals surface area (Å²) >= 11 is 0. The van der Waals surface area contributed by atoms with Crippen LogP contribution in [0.2, 0.25) is 0 Å². The molecule has 1 saturated heterocycles. The van der Waals surface area contributed by atoms with Gasteiger partial charge in [0.25, 0.3) is 0 Å². The second kappa shape index (κ2) is 7.13. The summed E-state index contributed by atoms with van der Waals surface area (Å²) in [4.78, 5) is 2.19. The van der Waals surface area contributed by atoms with Crippen molar-refractivity contribution in [3.8, 4) is 5.75 Å². The topological polar surface area (TPSA) is 63.9 Å². The highest BCUT2D eigenvalue weighted by Gasteiger charge is 2.36. The lowest BCUT2D eigenvalue weighted by atomic mass is 9.79. The molecule has 23 heavy (non-hydrogen) atoms. The third-order valence-electron chi connectivity index (χ3n) is 4.62. The normalized spacial score (nSPS) is 25.4. The number of β-amino-alcohol motifs (C(OH)–C–C–N with tert-alkyl or cyclic N) is 1. The first kappa shape index (κ1) is 16.0. The molecule has 1 heterocycles. The summed E-state index contributed by atoms with van der Waals surface area (Å²) in [5, 5.41) is 29.8. The van der Waals surface area contributed by atoms with Crippen molar-refractivity contribution in [1.82, 2.24) is 4.90 Å². The van der Waals surface area contributed by atoms with Gasteiger partial charge < -0.3 is 15.3 Å². The van der Waals surface area contributed by atoms with Crippen molar-refractivity contribution in [1.29, 1.82) is 0 Å². The Bertz CT molecular complexity index is 614. The molecule has 0 spiro atoms. The van der Waals surface area contributed by atoms with Crippen molar-refractivity contribution in [2.75, 3.05) is 19.7 Å². The molecular weight excluding hydrogens is 290 g/mol. The molecule has 1 aliphatic rings. The SMILES string of the molecule is OCC1CN(Cc2ccccc2)CC(O)C1c1ccc(O)cc1. The number of aliphatic hydroxyl groups is 2. The first-order valence-electron chi connectivity index (χ1n) is 8.01. The molecule has 4 heteroatoms. The standard InChI is InChI=1S/C19H23NO3/c21-13-16-11-20(10-14-4-2-1-3-5-14)12-18(23)19(16)15-6-8-17(22)9-7-15/h1-9,16,18-19,21-23H,10-13H2. The fraction of sp³-hybridized carbons (Fsp3) is 0.368. The third-order valence-corrected chi connectivity index (χ3v) is 4.62. The maximum Gasteiger partial charge on any atom is 0.115 e. The molecule has 3 unspecified atom stereocenters. The average Bonchev–Trinajstić information content (AvgIpc) is 2.56. The van der Waals surface area contributed by atoms with E-state index in [4.69, 9.17) is 0 Å². The predicted molar refractivity (Wildman–Crippen MR) is 89.1 cm³/mol. The van der Waals surface area contributed by atoms with Gasteiger partial charge >= 0.3 is 0 Å². The van der Waals surface area contributed by atoms with Crippen LogP contribution in [0.25, 0.3) is 0 Å². The van der Waals surface area contributed by atoms with Crippen molar-refractivity contribution in [3.63, 3.8) is 0 Å². The first-order chi connectivity index (χ1) is 11.2. The second-order valence-electron chi connectivity index (χ2n) is 6.31. The van der Waals surface area contributed by atoms with Gasteiger partial charge in [-0.3, -0.25) is 4.90 Å². The van der Waals surface area contributed by atoms with E-state index in [1.54, 1.807) is 12.1 Å². The van der Waals surface area contributed by atoms with E-state index in [1.165, 1.54) is 5.56 Å². The van der Waals surface area contributed by atoms with E-state index in [0.29, 0.717) is 6.54 Å². The maximum absolute atomic E-state index is 10.6. The van der Waals surface area contributed by atoms with Gasteiger partial charge in [-0.25, -0.2) is 0 Å². The molecular formula is C19H23NO3. The van der Waals surface area contributed by atoms with E-state index in [0.717, 1.165) is 18.7 Å². The monoisotopic (exact) mass is 313 g/mol. The number of nitrogens with zero attached hydrogens (tertiary/aromatic N) is 1. The molecule has 0 amide bonds. The molecule has 0 aliphatic carbocycles. The van der Waals surface area contributed by atoms with Crippen LogP contribution in [0.3, 0.4) is 0 Å². The average molecular weight is 313 g/mol. The van der Waals surface area contributed by atoms with E-state index in [-0.39, 0.29) is 24.2 Å². The summed E-state index contributed by atoms with van der Waals surface area (Å²) in [5.74, 6) is 0.0879. The molecule has 1 aliphatic heterocycles. The molecule has 2 aromatic carbocycles. The van der Waals surface area contributed by atoms with Crippen molar-refractivity contribution < 1.29 is 15.3 Å². The molecule has 3 N–H and O–H groups in total. The van der Waals surface area contributed by atoms with Crippen LogP contribution in [0.1, 0.15) is 17.0 Å². The Morgan fingerprint density at radius 2 is 1.65 bits per heavy atom. The van der Waals surface area contributed by atoms with Gasteiger partial charge in [0.1, 0.15) is 5.75 Å². The zero-order chi connectivity index (χ0) is 16.2. The van der Waals surface area contributed by atoms with Crippen LogP contribution in [0.15, 0.2) is 54.6 Å². The van der Waals surface area contributed by atoms with E-state index in [9.17, 15) is 15.3 Å². The number of rotatable bonds is 4. The van der Waals surface area contributed by atoms with Crippen molar-refractivity contribution in [3.05, 3.63) is 65.7 Å². The van der Waals surface area contributed by atoms with Crippen molar-refractivity contribution in [2.24, 2.45) is 5.92 Å². The van der Waals surface area contributed by atoms with E-state index >= 15 is 0 Å². The summed E-state index contributed by atoms with van der Waals surface area (Å²) in [6.45, 7) is 2.13. The minimum absolute atomic E-state index is 0.0213. The molecule has 1 fully saturated rings. The Labute approximate surface area is 136 Å². The number of hydrogen-bond donors (Lipinski definition) is 3. The summed E-state index contributed by atoms with van der Waals surface area (Å²) in [6, 6.07) is 17.1. The lowest BCUT2D eigenvalue weighted by Crippen LogP contribution is -2.48. The lowest BCUT2D eigenvalue weighted by molar-refractivity contribution is -0.00341. The van der Waals surface area contributed by atoms with Gasteiger partial charge in [0.15, 0.2) is 0 Å². The number of benzene rings is 2. The fourth-order valence-corrected chi connectivity index (χ4v) is 3.54. The molecule has 4 nitrogen and oxygen atoms in total. The fourth-order valence-electron chi connectivity index (χ4n) is 3.54. The van der Waals surface area contributed by atoms with E-state index in [2.05, 4.69) is 17.0 Å². The number of phenols is 1. The number of likely N-dealkylation sites (tertiary alicyclic amines) is 1. The van der Waals surface area contributed by atoms with Crippen LogP contribution in [0, 0.1) is 5.92 Å². The summed E-state index contributed by atoms with van der Waals surface area (Å²) in [5.41, 5.74) is 2.17. The van der Waals surface area contributed by atoms with Crippen molar-refractivity contribution >= 4 is 0 Å². The smallest absolute Gasteiger partial charge is 0.115 e. The van der Waals surface area contributed by atoms with Crippen LogP contribution in [0.5, 0.6) is 5.75 Å². The third kappa shape index (κ3) is 3.72. The van der Waals surface area contributed by atoms with E-state index < -0.39 is 6.10 Å². The Balaban J connectivity index is 1.74. The van der Waals surface area contributed by atoms with Gasteiger partial charge in [-0.1, -0.05) is 42.5 Å². The minimum Gasteiger partial charge on any atom is -0.508 e. The predicted octanol–water partition coefficient (Wildman–Crippen LogP) is 1.96. The number of hydrogen-bond acceptors (Lipinski definition) is 4. The highest BCUT2D eigenvalue weighted by atomic mass is 16.3. The Morgan fingerprint density at radius 1 is 0.957 bits per heavy atom. The molecule has 122 valence electrons. The van der Waals surface area contributed by atoms with Crippen LogP contribution in [-0.2, 0) is 6.54 Å². The van der Waals surface area contributed by atoms with Gasteiger partial charge in [0, 0.05) is 38.1 Å².